The van der Waals surface area contributed by atoms with Crippen LogP contribution in [0.1, 0.15) is 33.2 Å². The van der Waals surface area contributed by atoms with E-state index in [2.05, 4.69) is 25.9 Å². The molecular weight excluding hydrogens is 178 g/mol. The molecular formula is C10H19N3O. The first-order chi connectivity index (χ1) is 6.67. The summed E-state index contributed by atoms with van der Waals surface area (Å²) >= 11 is 0. The Morgan fingerprint density at radius 2 is 2.29 bits per heavy atom. The quantitative estimate of drug-likeness (QED) is 0.779. The number of nitrogens with zero attached hydrogens (tertiary/aromatic N) is 2. The van der Waals surface area contributed by atoms with Crippen molar-refractivity contribution in [3.63, 3.8) is 0 Å². The Morgan fingerprint density at radius 1 is 1.57 bits per heavy atom. The number of rotatable bonds is 5. The van der Waals surface area contributed by atoms with E-state index >= 15 is 0 Å². The molecule has 4 heteroatoms. The average Bonchev–Trinajstić information content (AvgIpc) is 2.62. The van der Waals surface area contributed by atoms with E-state index in [-0.39, 0.29) is 6.10 Å². The van der Waals surface area contributed by atoms with Crippen molar-refractivity contribution in [2.75, 3.05) is 6.54 Å². The summed E-state index contributed by atoms with van der Waals surface area (Å²) in [7, 11) is 0. The predicted octanol–water partition coefficient (Wildman–Crippen LogP) is 1.58. The van der Waals surface area contributed by atoms with Gasteiger partial charge in [0.2, 0.25) is 0 Å². The molecule has 0 fully saturated rings. The monoisotopic (exact) mass is 197 g/mol. The summed E-state index contributed by atoms with van der Waals surface area (Å²) in [6.07, 6.45) is 4.66. The van der Waals surface area contributed by atoms with Gasteiger partial charge in [0.05, 0.1) is 12.4 Å². The van der Waals surface area contributed by atoms with Crippen LogP contribution in [0.4, 0.5) is 0 Å². The lowest BCUT2D eigenvalue weighted by Gasteiger charge is -2.13. The van der Waals surface area contributed by atoms with Gasteiger partial charge in [-0.15, -0.1) is 0 Å². The lowest BCUT2D eigenvalue weighted by atomic mass is 10.3. The minimum atomic E-state index is 0.0970. The zero-order valence-electron chi connectivity index (χ0n) is 9.10. The number of hydrogen-bond donors (Lipinski definition) is 1. The first-order valence-corrected chi connectivity index (χ1v) is 5.08. The van der Waals surface area contributed by atoms with E-state index in [1.807, 2.05) is 10.9 Å². The van der Waals surface area contributed by atoms with E-state index in [1.54, 1.807) is 6.20 Å². The van der Waals surface area contributed by atoms with Gasteiger partial charge in [-0.2, -0.15) is 5.10 Å². The normalized spacial score (nSPS) is 13.2. The summed E-state index contributed by atoms with van der Waals surface area (Å²) in [5, 5.41) is 4.19. The van der Waals surface area contributed by atoms with Crippen LogP contribution in [-0.2, 0) is 0 Å². The second-order valence-electron chi connectivity index (χ2n) is 3.63. The maximum atomic E-state index is 5.64. The summed E-state index contributed by atoms with van der Waals surface area (Å²) in [6.45, 7) is 6.77. The summed E-state index contributed by atoms with van der Waals surface area (Å²) in [5.41, 5.74) is 5.55. The molecule has 1 rings (SSSR count). The highest BCUT2D eigenvalue weighted by Gasteiger charge is 2.08. The van der Waals surface area contributed by atoms with Crippen LogP contribution in [0.3, 0.4) is 0 Å². The Hall–Kier alpha value is -1.03. The summed E-state index contributed by atoms with van der Waals surface area (Å²) < 4.78 is 7.51. The molecule has 0 spiro atoms. The highest BCUT2D eigenvalue weighted by Crippen LogP contribution is 2.14. The lowest BCUT2D eigenvalue weighted by molar-refractivity contribution is 0.205. The fourth-order valence-electron chi connectivity index (χ4n) is 1.15. The summed E-state index contributed by atoms with van der Waals surface area (Å²) in [6, 6.07) is 0.366. The molecule has 0 aromatic carbocycles. The van der Waals surface area contributed by atoms with Crippen molar-refractivity contribution in [2.24, 2.45) is 5.73 Å². The van der Waals surface area contributed by atoms with Gasteiger partial charge >= 0.3 is 0 Å². The number of ether oxygens (including phenoxy) is 1. The Bertz CT molecular complexity index is 266. The molecule has 2 N–H and O–H groups in total. The van der Waals surface area contributed by atoms with Crippen molar-refractivity contribution in [3.05, 3.63) is 12.4 Å². The Kier molecular flexibility index (Phi) is 3.95. The summed E-state index contributed by atoms with van der Waals surface area (Å²) in [5.74, 6) is 0.802. The van der Waals surface area contributed by atoms with Crippen molar-refractivity contribution in [2.45, 2.75) is 39.3 Å². The van der Waals surface area contributed by atoms with Crippen LogP contribution in [0.25, 0.3) is 0 Å². The zero-order chi connectivity index (χ0) is 10.6. The van der Waals surface area contributed by atoms with Crippen molar-refractivity contribution >= 4 is 0 Å². The molecule has 0 amide bonds. The smallest absolute Gasteiger partial charge is 0.157 e. The molecule has 0 aliphatic carbocycles. The van der Waals surface area contributed by atoms with Crippen LogP contribution in [0.5, 0.6) is 5.75 Å². The van der Waals surface area contributed by atoms with Crippen molar-refractivity contribution < 1.29 is 4.74 Å². The van der Waals surface area contributed by atoms with Gasteiger partial charge in [0.1, 0.15) is 6.10 Å². The van der Waals surface area contributed by atoms with Crippen molar-refractivity contribution in [3.8, 4) is 5.75 Å². The van der Waals surface area contributed by atoms with Crippen molar-refractivity contribution in [1.29, 1.82) is 0 Å². The molecule has 0 radical (unpaired) electrons. The van der Waals surface area contributed by atoms with Gasteiger partial charge in [-0.1, -0.05) is 6.92 Å². The predicted molar refractivity (Wildman–Crippen MR) is 56.4 cm³/mol. The van der Waals surface area contributed by atoms with Gasteiger partial charge in [0.25, 0.3) is 0 Å². The third kappa shape index (κ3) is 2.73. The van der Waals surface area contributed by atoms with Crippen LogP contribution < -0.4 is 10.5 Å². The van der Waals surface area contributed by atoms with E-state index < -0.39 is 0 Å². The second kappa shape index (κ2) is 5.00. The van der Waals surface area contributed by atoms with Gasteiger partial charge in [0.15, 0.2) is 5.75 Å². The first kappa shape index (κ1) is 11.0. The fourth-order valence-corrected chi connectivity index (χ4v) is 1.15. The third-order valence-corrected chi connectivity index (χ3v) is 2.13. The molecule has 80 valence electrons. The zero-order valence-corrected chi connectivity index (χ0v) is 9.10. The van der Waals surface area contributed by atoms with Gasteiger partial charge < -0.3 is 10.5 Å². The molecule has 14 heavy (non-hydrogen) atoms. The third-order valence-electron chi connectivity index (χ3n) is 2.13. The average molecular weight is 197 g/mol. The largest absolute Gasteiger partial charge is 0.486 e. The molecule has 0 aliphatic heterocycles. The Labute approximate surface area is 85.0 Å². The first-order valence-electron chi connectivity index (χ1n) is 5.08. The maximum Gasteiger partial charge on any atom is 0.157 e. The van der Waals surface area contributed by atoms with Gasteiger partial charge in [-0.3, -0.25) is 4.68 Å². The van der Waals surface area contributed by atoms with E-state index in [0.717, 1.165) is 12.2 Å². The molecule has 1 aromatic rings. The second-order valence-corrected chi connectivity index (χ2v) is 3.63. The topological polar surface area (TPSA) is 53.1 Å². The molecule has 0 saturated heterocycles. The Balaban J connectivity index is 2.58. The fraction of sp³-hybridized carbons (Fsp3) is 0.700. The standard InChI is InChI=1S/C10H19N3O/c1-4-9(5-11)14-10-6-12-13(7-10)8(2)3/h6-9H,4-5,11H2,1-3H3. The Morgan fingerprint density at radius 3 is 2.71 bits per heavy atom. The van der Waals surface area contributed by atoms with Crippen molar-refractivity contribution in [1.82, 2.24) is 9.78 Å². The lowest BCUT2D eigenvalue weighted by Crippen LogP contribution is -2.25. The molecule has 0 bridgehead atoms. The minimum Gasteiger partial charge on any atom is -0.486 e. The van der Waals surface area contributed by atoms with E-state index in [9.17, 15) is 0 Å². The molecule has 1 heterocycles. The van der Waals surface area contributed by atoms with Gasteiger partial charge in [-0.25, -0.2) is 0 Å². The molecule has 0 saturated carbocycles. The maximum absolute atomic E-state index is 5.64. The van der Waals surface area contributed by atoms with Gasteiger partial charge in [-0.05, 0) is 20.3 Å². The van der Waals surface area contributed by atoms with Crippen LogP contribution in [0.15, 0.2) is 12.4 Å². The number of hydrogen-bond acceptors (Lipinski definition) is 3. The SMILES string of the molecule is CCC(CN)Oc1cnn(C(C)C)c1. The molecule has 4 nitrogen and oxygen atoms in total. The molecule has 0 aliphatic rings. The van der Waals surface area contributed by atoms with Crippen LogP contribution in [0.2, 0.25) is 0 Å². The highest BCUT2D eigenvalue weighted by atomic mass is 16.5. The molecule has 1 atom stereocenters. The molecule has 1 aromatic heterocycles. The van der Waals surface area contributed by atoms with Gasteiger partial charge in [0, 0.05) is 12.6 Å². The van der Waals surface area contributed by atoms with Crippen LogP contribution in [0, 0.1) is 0 Å². The number of aromatic nitrogens is 2. The van der Waals surface area contributed by atoms with Crippen LogP contribution in [-0.4, -0.2) is 22.4 Å². The summed E-state index contributed by atoms with van der Waals surface area (Å²) in [4.78, 5) is 0. The van der Waals surface area contributed by atoms with Crippen LogP contribution >= 0.6 is 0 Å². The minimum absolute atomic E-state index is 0.0970. The highest BCUT2D eigenvalue weighted by molar-refractivity contribution is 5.12. The van der Waals surface area contributed by atoms with E-state index in [0.29, 0.717) is 12.6 Å². The number of nitrogens with two attached hydrogens (primary N) is 1. The van der Waals surface area contributed by atoms with E-state index in [4.69, 9.17) is 10.5 Å². The molecule has 1 unspecified atom stereocenters. The van der Waals surface area contributed by atoms with E-state index in [1.165, 1.54) is 0 Å².